The first-order chi connectivity index (χ1) is 9.03. The van der Waals surface area contributed by atoms with Gasteiger partial charge in [0.15, 0.2) is 0 Å². The number of nitrogens with zero attached hydrogens (tertiary/aromatic N) is 2. The number of likely N-dealkylation sites (tertiary alicyclic amines) is 1. The zero-order valence-electron chi connectivity index (χ0n) is 11.9. The molecular weight excluding hydrogens is 236 g/mol. The van der Waals surface area contributed by atoms with Gasteiger partial charge in [0, 0.05) is 30.4 Å². The predicted molar refractivity (Wildman–Crippen MR) is 77.8 cm³/mol. The van der Waals surface area contributed by atoms with E-state index >= 15 is 0 Å². The fourth-order valence-electron chi connectivity index (χ4n) is 3.49. The number of fused-ring (bicyclic) bond motifs is 1. The van der Waals surface area contributed by atoms with Crippen molar-refractivity contribution in [3.05, 3.63) is 30.1 Å². The Morgan fingerprint density at radius 3 is 3.00 bits per heavy atom. The van der Waals surface area contributed by atoms with Crippen molar-refractivity contribution < 1.29 is 0 Å². The Kier molecular flexibility index (Phi) is 2.87. The minimum Gasteiger partial charge on any atom is -0.346 e. The lowest BCUT2D eigenvalue weighted by molar-refractivity contribution is 0.0399. The van der Waals surface area contributed by atoms with Crippen LogP contribution in [-0.4, -0.2) is 34.5 Å². The molecule has 1 saturated heterocycles. The average molecular weight is 258 g/mol. The fraction of sp³-hybridized carbons (Fsp3) is 0.533. The van der Waals surface area contributed by atoms with Gasteiger partial charge < -0.3 is 10.7 Å². The number of H-pyrrole nitrogens is 1. The Morgan fingerprint density at radius 1 is 1.47 bits per heavy atom. The molecule has 3 rings (SSSR count). The molecule has 1 aliphatic heterocycles. The Labute approximate surface area is 114 Å². The van der Waals surface area contributed by atoms with Crippen molar-refractivity contribution in [1.82, 2.24) is 14.9 Å². The smallest absolute Gasteiger partial charge is 0.137 e. The van der Waals surface area contributed by atoms with Crippen LogP contribution >= 0.6 is 0 Å². The van der Waals surface area contributed by atoms with E-state index in [1.807, 2.05) is 12.4 Å². The second-order valence-electron chi connectivity index (χ2n) is 6.07. The topological polar surface area (TPSA) is 57.9 Å². The standard InChI is InChI=1S/C15H22N4/c1-10-8-13(16)15(2,19(3)9-10)12-5-7-18-14-11(12)4-6-17-14/h4-7,10,13H,8-9,16H2,1-3H3,(H,17,18). The summed E-state index contributed by atoms with van der Waals surface area (Å²) in [5, 5.41) is 1.18. The molecule has 0 radical (unpaired) electrons. The van der Waals surface area contributed by atoms with E-state index in [0.29, 0.717) is 5.92 Å². The van der Waals surface area contributed by atoms with Crippen LogP contribution in [0.1, 0.15) is 25.8 Å². The molecule has 2 aromatic rings. The largest absolute Gasteiger partial charge is 0.346 e. The first-order valence-corrected chi connectivity index (χ1v) is 6.93. The zero-order valence-corrected chi connectivity index (χ0v) is 11.9. The Morgan fingerprint density at radius 2 is 2.26 bits per heavy atom. The first-order valence-electron chi connectivity index (χ1n) is 6.93. The van der Waals surface area contributed by atoms with Gasteiger partial charge in [0.05, 0.1) is 5.54 Å². The van der Waals surface area contributed by atoms with Crippen molar-refractivity contribution in [3.63, 3.8) is 0 Å². The molecule has 0 saturated carbocycles. The molecule has 1 fully saturated rings. The number of aromatic amines is 1. The number of nitrogens with two attached hydrogens (primary N) is 1. The molecule has 2 aromatic heterocycles. The molecule has 19 heavy (non-hydrogen) atoms. The molecule has 0 spiro atoms. The molecule has 0 amide bonds. The van der Waals surface area contributed by atoms with E-state index in [9.17, 15) is 0 Å². The van der Waals surface area contributed by atoms with Gasteiger partial charge in [-0.3, -0.25) is 4.90 Å². The highest BCUT2D eigenvalue weighted by atomic mass is 15.2. The molecule has 4 nitrogen and oxygen atoms in total. The van der Waals surface area contributed by atoms with Crippen molar-refractivity contribution in [2.24, 2.45) is 11.7 Å². The molecule has 102 valence electrons. The van der Waals surface area contributed by atoms with Gasteiger partial charge in [-0.05, 0) is 44.0 Å². The van der Waals surface area contributed by atoms with E-state index in [2.05, 4.69) is 47.9 Å². The van der Waals surface area contributed by atoms with Gasteiger partial charge in [-0.25, -0.2) is 4.98 Å². The van der Waals surface area contributed by atoms with E-state index in [0.717, 1.165) is 18.6 Å². The predicted octanol–water partition coefficient (Wildman–Crippen LogP) is 2.08. The Balaban J connectivity index is 2.15. The minimum absolute atomic E-state index is 0.129. The Bertz CT molecular complexity index is 577. The SMILES string of the molecule is CC1CC(N)C(C)(c2ccnc3[nH]ccc23)N(C)C1. The molecule has 0 bridgehead atoms. The van der Waals surface area contributed by atoms with Crippen LogP contribution in [0.5, 0.6) is 0 Å². The second kappa shape index (κ2) is 4.32. The van der Waals surface area contributed by atoms with Gasteiger partial charge in [0.2, 0.25) is 0 Å². The van der Waals surface area contributed by atoms with Crippen LogP contribution in [0.3, 0.4) is 0 Å². The number of nitrogens with one attached hydrogen (secondary N) is 1. The van der Waals surface area contributed by atoms with Crippen LogP contribution in [0.2, 0.25) is 0 Å². The fourth-order valence-corrected chi connectivity index (χ4v) is 3.49. The molecule has 1 aliphatic rings. The van der Waals surface area contributed by atoms with E-state index < -0.39 is 0 Å². The van der Waals surface area contributed by atoms with Gasteiger partial charge in [-0.15, -0.1) is 0 Å². The summed E-state index contributed by atoms with van der Waals surface area (Å²) in [6.45, 7) is 5.61. The molecule has 3 unspecified atom stereocenters. The number of rotatable bonds is 1. The molecule has 3 N–H and O–H groups in total. The maximum Gasteiger partial charge on any atom is 0.137 e. The third-order valence-electron chi connectivity index (χ3n) is 4.76. The lowest BCUT2D eigenvalue weighted by Crippen LogP contribution is -2.59. The maximum absolute atomic E-state index is 6.51. The molecule has 0 aromatic carbocycles. The molecule has 3 heterocycles. The molecule has 0 aliphatic carbocycles. The van der Waals surface area contributed by atoms with Crippen LogP contribution in [0.25, 0.3) is 11.0 Å². The second-order valence-corrected chi connectivity index (χ2v) is 6.07. The highest BCUT2D eigenvalue weighted by Gasteiger charge is 2.43. The highest BCUT2D eigenvalue weighted by Crippen LogP contribution is 2.39. The first kappa shape index (κ1) is 12.6. The van der Waals surface area contributed by atoms with Crippen LogP contribution in [0, 0.1) is 5.92 Å². The summed E-state index contributed by atoms with van der Waals surface area (Å²) < 4.78 is 0. The van der Waals surface area contributed by atoms with Gasteiger partial charge >= 0.3 is 0 Å². The van der Waals surface area contributed by atoms with Gasteiger partial charge in [-0.2, -0.15) is 0 Å². The normalized spacial score (nSPS) is 32.8. The third kappa shape index (κ3) is 1.78. The summed E-state index contributed by atoms with van der Waals surface area (Å²) in [7, 11) is 2.18. The average Bonchev–Trinajstić information content (AvgIpc) is 2.83. The van der Waals surface area contributed by atoms with Crippen LogP contribution < -0.4 is 5.73 Å². The Hall–Kier alpha value is -1.39. The van der Waals surface area contributed by atoms with E-state index in [1.54, 1.807) is 0 Å². The maximum atomic E-state index is 6.51. The number of hydrogen-bond acceptors (Lipinski definition) is 3. The van der Waals surface area contributed by atoms with Crippen molar-refractivity contribution in [2.45, 2.75) is 31.8 Å². The molecular formula is C15H22N4. The molecule has 4 heteroatoms. The van der Waals surface area contributed by atoms with Crippen molar-refractivity contribution in [1.29, 1.82) is 0 Å². The number of aromatic nitrogens is 2. The van der Waals surface area contributed by atoms with Crippen LogP contribution in [-0.2, 0) is 5.54 Å². The summed E-state index contributed by atoms with van der Waals surface area (Å²) in [6, 6.07) is 4.35. The van der Waals surface area contributed by atoms with E-state index in [1.165, 1.54) is 10.9 Å². The quantitative estimate of drug-likeness (QED) is 0.823. The van der Waals surface area contributed by atoms with Crippen LogP contribution in [0.15, 0.2) is 24.5 Å². The van der Waals surface area contributed by atoms with E-state index in [-0.39, 0.29) is 11.6 Å². The number of piperidine rings is 1. The third-order valence-corrected chi connectivity index (χ3v) is 4.76. The van der Waals surface area contributed by atoms with Crippen molar-refractivity contribution in [2.75, 3.05) is 13.6 Å². The van der Waals surface area contributed by atoms with Gasteiger partial charge in [0.25, 0.3) is 0 Å². The number of hydrogen-bond donors (Lipinski definition) is 2. The summed E-state index contributed by atoms with van der Waals surface area (Å²) in [6.07, 6.45) is 4.88. The summed E-state index contributed by atoms with van der Waals surface area (Å²) in [4.78, 5) is 9.96. The molecule has 3 atom stereocenters. The van der Waals surface area contributed by atoms with Gasteiger partial charge in [-0.1, -0.05) is 6.92 Å². The zero-order chi connectivity index (χ0) is 13.6. The lowest BCUT2D eigenvalue weighted by Gasteiger charge is -2.49. The highest BCUT2D eigenvalue weighted by molar-refractivity contribution is 5.80. The van der Waals surface area contributed by atoms with E-state index in [4.69, 9.17) is 5.73 Å². The monoisotopic (exact) mass is 258 g/mol. The van der Waals surface area contributed by atoms with Crippen molar-refractivity contribution >= 4 is 11.0 Å². The summed E-state index contributed by atoms with van der Waals surface area (Å²) >= 11 is 0. The van der Waals surface area contributed by atoms with Crippen LogP contribution in [0.4, 0.5) is 0 Å². The minimum atomic E-state index is -0.129. The number of pyridine rings is 1. The van der Waals surface area contributed by atoms with Crippen molar-refractivity contribution in [3.8, 4) is 0 Å². The number of likely N-dealkylation sites (N-methyl/N-ethyl adjacent to an activating group) is 1. The summed E-state index contributed by atoms with van der Waals surface area (Å²) in [5.74, 6) is 0.650. The lowest BCUT2D eigenvalue weighted by atomic mass is 9.75. The van der Waals surface area contributed by atoms with Gasteiger partial charge in [0.1, 0.15) is 5.65 Å². The summed E-state index contributed by atoms with van der Waals surface area (Å²) in [5.41, 5.74) is 8.61.